The Morgan fingerprint density at radius 3 is 0.785 bits per heavy atom. The predicted molar refractivity (Wildman–Crippen MR) is 251 cm³/mol. The maximum atomic E-state index is 12.3. The molecule has 0 amide bonds. The summed E-state index contributed by atoms with van der Waals surface area (Å²) in [5, 5.41) is 0. The SMILES string of the molecule is CCCCCCCCCCCCCCOC(=O)c1ccccc1C(=O)OCCS(=O)(=O)[O-].CCCCCCCCCCCCCCOC(=O)c1ccccc1C(=O)OCCS(=O)(=O)[O-].[Ca+2]. The first-order chi connectivity index (χ1) is 30.7. The number of carbonyl (C=O) groups is 4. The van der Waals surface area contributed by atoms with Crippen LogP contribution in [0.25, 0.3) is 0 Å². The second-order valence-corrected chi connectivity index (χ2v) is 19.0. The third-order valence-corrected chi connectivity index (χ3v) is 11.7. The van der Waals surface area contributed by atoms with E-state index >= 15 is 0 Å². The molecule has 0 saturated heterocycles. The summed E-state index contributed by atoms with van der Waals surface area (Å²) in [5.41, 5.74) is 0.0776. The van der Waals surface area contributed by atoms with Gasteiger partial charge in [-0.05, 0) is 37.1 Å². The van der Waals surface area contributed by atoms with Crippen molar-refractivity contribution in [1.29, 1.82) is 0 Å². The van der Waals surface area contributed by atoms with Gasteiger partial charge in [0.25, 0.3) is 0 Å². The van der Waals surface area contributed by atoms with E-state index in [4.69, 9.17) is 18.9 Å². The van der Waals surface area contributed by atoms with E-state index in [1.807, 2.05) is 0 Å². The Labute approximate surface area is 419 Å². The molecule has 2 aromatic carbocycles. The Kier molecular flexibility index (Phi) is 37.8. The summed E-state index contributed by atoms with van der Waals surface area (Å²) >= 11 is 0. The van der Waals surface area contributed by atoms with Gasteiger partial charge < -0.3 is 28.1 Å². The maximum absolute atomic E-state index is 12.3. The molecule has 0 aliphatic heterocycles. The first-order valence-corrected chi connectivity index (χ1v) is 26.6. The summed E-state index contributed by atoms with van der Waals surface area (Å²) in [5.74, 6) is -4.62. The van der Waals surface area contributed by atoms with Crippen LogP contribution in [0, 0.1) is 0 Å². The van der Waals surface area contributed by atoms with E-state index in [-0.39, 0.29) is 73.2 Å². The molecular formula is C48H74CaO14S2. The van der Waals surface area contributed by atoms with Gasteiger partial charge in [0.2, 0.25) is 0 Å². The molecule has 14 nitrogen and oxygen atoms in total. The molecule has 0 fully saturated rings. The van der Waals surface area contributed by atoms with Gasteiger partial charge in [0, 0.05) is 0 Å². The Hall–Kier alpha value is -2.60. The number of hydrogen-bond acceptors (Lipinski definition) is 14. The fourth-order valence-electron chi connectivity index (χ4n) is 6.68. The zero-order valence-electron chi connectivity index (χ0n) is 39.1. The third kappa shape index (κ3) is 34.4. The fraction of sp³-hybridized carbons (Fsp3) is 0.667. The van der Waals surface area contributed by atoms with Gasteiger partial charge in [-0.2, -0.15) is 0 Å². The van der Waals surface area contributed by atoms with Gasteiger partial charge in [-0.3, -0.25) is 0 Å². The summed E-state index contributed by atoms with van der Waals surface area (Å²) < 4.78 is 83.8. The van der Waals surface area contributed by atoms with Crippen molar-refractivity contribution < 1.29 is 64.1 Å². The molecule has 2 aromatic rings. The van der Waals surface area contributed by atoms with E-state index in [9.17, 15) is 45.1 Å². The van der Waals surface area contributed by atoms with Crippen molar-refractivity contribution in [2.75, 3.05) is 37.9 Å². The fourth-order valence-corrected chi connectivity index (χ4v) is 7.25. The first-order valence-electron chi connectivity index (χ1n) is 23.4. The molecule has 0 N–H and O–H groups in total. The normalized spacial score (nSPS) is 11.1. The van der Waals surface area contributed by atoms with Crippen molar-refractivity contribution in [1.82, 2.24) is 0 Å². The first kappa shape index (κ1) is 62.4. The van der Waals surface area contributed by atoms with Crippen LogP contribution in [-0.4, -0.2) is 125 Å². The van der Waals surface area contributed by atoms with Crippen LogP contribution in [0.5, 0.6) is 0 Å². The van der Waals surface area contributed by atoms with Gasteiger partial charge in [-0.25, -0.2) is 36.0 Å². The van der Waals surface area contributed by atoms with E-state index in [0.29, 0.717) is 0 Å². The Bertz CT molecular complexity index is 1690. The standard InChI is InChI=1S/2C24H38O7S.Ca/c2*1-2-3-4-5-6-7-8-9-10-11-12-15-18-30-23(25)21-16-13-14-17-22(21)24(26)31-19-20-32(27,28)29;/h2*13-14,16-17H,2-12,15,18-20H2,1H3,(H,27,28,29);/q;;+2/p-2. The molecule has 65 heavy (non-hydrogen) atoms. The minimum absolute atomic E-state index is 0. The number of hydrogen-bond donors (Lipinski definition) is 0. The average Bonchev–Trinajstić information content (AvgIpc) is 3.26. The van der Waals surface area contributed by atoms with E-state index in [1.54, 1.807) is 24.3 Å². The van der Waals surface area contributed by atoms with Crippen molar-refractivity contribution in [3.8, 4) is 0 Å². The molecule has 0 saturated carbocycles. The number of benzene rings is 2. The summed E-state index contributed by atoms with van der Waals surface area (Å²) in [6, 6.07) is 12.0. The van der Waals surface area contributed by atoms with Crippen molar-refractivity contribution in [3.63, 3.8) is 0 Å². The zero-order chi connectivity index (χ0) is 47.3. The molecule has 0 unspecified atom stereocenters. The maximum Gasteiger partial charge on any atom is 2.00 e. The van der Waals surface area contributed by atoms with Crippen LogP contribution in [0.3, 0.4) is 0 Å². The van der Waals surface area contributed by atoms with Crippen LogP contribution < -0.4 is 0 Å². The van der Waals surface area contributed by atoms with Crippen LogP contribution in [-0.2, 0) is 39.2 Å². The van der Waals surface area contributed by atoms with Gasteiger partial charge in [0.1, 0.15) is 13.2 Å². The topological polar surface area (TPSA) is 220 Å². The van der Waals surface area contributed by atoms with Gasteiger partial charge >= 0.3 is 61.6 Å². The molecule has 0 bridgehead atoms. The number of rotatable bonds is 36. The summed E-state index contributed by atoms with van der Waals surface area (Å²) in [7, 11) is -8.96. The summed E-state index contributed by atoms with van der Waals surface area (Å²) in [4.78, 5) is 48.9. The van der Waals surface area contributed by atoms with Gasteiger partial charge in [0.05, 0.1) is 67.2 Å². The van der Waals surface area contributed by atoms with Gasteiger partial charge in [-0.15, -0.1) is 0 Å². The molecular weight excluding hydrogens is 905 g/mol. The van der Waals surface area contributed by atoms with Crippen molar-refractivity contribution in [2.45, 2.75) is 168 Å². The molecule has 17 heteroatoms. The smallest absolute Gasteiger partial charge is 0.748 e. The van der Waals surface area contributed by atoms with Gasteiger partial charge in [-0.1, -0.05) is 179 Å². The summed E-state index contributed by atoms with van der Waals surface area (Å²) in [6.07, 6.45) is 29.1. The molecule has 0 spiro atoms. The largest absolute Gasteiger partial charge is 2.00 e. The third-order valence-electron chi connectivity index (χ3n) is 10.3. The van der Waals surface area contributed by atoms with Crippen molar-refractivity contribution >= 4 is 81.9 Å². The van der Waals surface area contributed by atoms with E-state index in [1.165, 1.54) is 140 Å². The number of carbonyl (C=O) groups excluding carboxylic acids is 4. The molecule has 0 heterocycles. The number of ether oxygens (including phenoxy) is 4. The molecule has 0 aliphatic carbocycles. The molecule has 364 valence electrons. The van der Waals surface area contributed by atoms with Crippen molar-refractivity contribution in [3.05, 3.63) is 70.8 Å². The molecule has 0 aromatic heterocycles. The Morgan fingerprint density at radius 1 is 0.369 bits per heavy atom. The van der Waals surface area contributed by atoms with Crippen LogP contribution in [0.1, 0.15) is 209 Å². The second-order valence-electron chi connectivity index (χ2n) is 15.9. The number of unbranched alkanes of at least 4 members (excludes halogenated alkanes) is 22. The van der Waals surface area contributed by atoms with Crippen LogP contribution >= 0.6 is 0 Å². The van der Waals surface area contributed by atoms with Crippen molar-refractivity contribution in [2.24, 2.45) is 0 Å². The van der Waals surface area contributed by atoms with Crippen LogP contribution in [0.15, 0.2) is 48.5 Å². The Balaban J connectivity index is 0.00000124. The molecule has 2 rings (SSSR count). The van der Waals surface area contributed by atoms with Gasteiger partial charge in [0.15, 0.2) is 0 Å². The van der Waals surface area contributed by atoms with Crippen LogP contribution in [0.2, 0.25) is 0 Å². The quantitative estimate of drug-likeness (QED) is 0.0204. The van der Waals surface area contributed by atoms with E-state index in [0.717, 1.165) is 38.5 Å². The summed E-state index contributed by atoms with van der Waals surface area (Å²) in [6.45, 7) is 3.88. The minimum atomic E-state index is -4.48. The second kappa shape index (κ2) is 39.4. The predicted octanol–water partition coefficient (Wildman–Crippen LogP) is 10.1. The van der Waals surface area contributed by atoms with E-state index < -0.39 is 68.8 Å². The minimum Gasteiger partial charge on any atom is -0.748 e. The molecule has 0 aliphatic rings. The van der Waals surface area contributed by atoms with E-state index in [2.05, 4.69) is 13.8 Å². The molecule has 0 atom stereocenters. The molecule has 0 radical (unpaired) electrons. The number of esters is 4. The van der Waals surface area contributed by atoms with Crippen LogP contribution in [0.4, 0.5) is 0 Å². The monoisotopic (exact) mass is 978 g/mol. The Morgan fingerprint density at radius 2 is 0.569 bits per heavy atom. The zero-order valence-corrected chi connectivity index (χ0v) is 42.9. The average molecular weight is 979 g/mol.